The molecule has 0 aliphatic heterocycles. The van der Waals surface area contributed by atoms with E-state index in [9.17, 15) is 18.0 Å². The van der Waals surface area contributed by atoms with Gasteiger partial charge in [-0.15, -0.1) is 0 Å². The molecule has 2 nitrogen and oxygen atoms in total. The number of aromatic carboxylic acids is 1. The smallest absolute Gasteiger partial charge is 0.379 e. The zero-order valence-electron chi connectivity index (χ0n) is 6.75. The van der Waals surface area contributed by atoms with Crippen LogP contribution >= 0.6 is 11.6 Å². The molecule has 0 spiro atoms. The monoisotopic (exact) mass is 226 g/mol. The third-order valence-corrected chi connectivity index (χ3v) is 1.43. The first kappa shape index (κ1) is 12.8. The van der Waals surface area contributed by atoms with Crippen LogP contribution in [0.2, 0.25) is 5.02 Å². The molecular weight excluding hydrogens is 221 g/mol. The lowest BCUT2D eigenvalue weighted by atomic mass is 10.2. The van der Waals surface area contributed by atoms with Gasteiger partial charge in [0.15, 0.2) is 0 Å². The van der Waals surface area contributed by atoms with E-state index in [0.29, 0.717) is 0 Å². The Labute approximate surface area is 82.9 Å². The maximum absolute atomic E-state index is 10.3. The number of rotatable bonds is 1. The van der Waals surface area contributed by atoms with Crippen LogP contribution in [0.1, 0.15) is 10.4 Å². The highest BCUT2D eigenvalue weighted by Crippen LogP contribution is 2.13. The molecule has 1 rings (SSSR count). The van der Waals surface area contributed by atoms with Crippen LogP contribution in [0.3, 0.4) is 0 Å². The van der Waals surface area contributed by atoms with Crippen molar-refractivity contribution >= 4 is 17.6 Å². The molecule has 0 aromatic heterocycles. The molecule has 0 aliphatic rings. The molecule has 0 bridgehead atoms. The van der Waals surface area contributed by atoms with Crippen LogP contribution in [0, 0.1) is 0 Å². The molecule has 1 aromatic rings. The van der Waals surface area contributed by atoms with Crippen LogP contribution < -0.4 is 0 Å². The van der Waals surface area contributed by atoms with Crippen molar-refractivity contribution in [3.05, 3.63) is 34.9 Å². The zero-order chi connectivity index (χ0) is 11.1. The summed E-state index contributed by atoms with van der Waals surface area (Å²) in [7, 11) is 0. The highest BCUT2D eigenvalue weighted by Gasteiger charge is 2.04. The van der Waals surface area contributed by atoms with E-state index in [1.54, 1.807) is 18.2 Å². The van der Waals surface area contributed by atoms with Crippen molar-refractivity contribution in [3.63, 3.8) is 0 Å². The summed E-state index contributed by atoms with van der Waals surface area (Å²) in [5.41, 5.74) is 0.143. The number of hydrogen-bond donors (Lipinski definition) is 1. The third-order valence-electron chi connectivity index (χ3n) is 1.10. The van der Waals surface area contributed by atoms with Gasteiger partial charge in [-0.25, -0.2) is 4.79 Å². The van der Waals surface area contributed by atoms with Crippen molar-refractivity contribution in [2.45, 2.75) is 6.68 Å². The molecule has 0 amide bonds. The average molecular weight is 227 g/mol. The molecule has 1 N–H and O–H groups in total. The van der Waals surface area contributed by atoms with Gasteiger partial charge in [-0.2, -0.15) is 13.2 Å². The molecule has 0 radical (unpaired) electrons. The molecule has 0 fully saturated rings. The van der Waals surface area contributed by atoms with Gasteiger partial charge in [-0.05, 0) is 12.1 Å². The second-order valence-electron chi connectivity index (χ2n) is 2.03. The first-order valence-electron chi connectivity index (χ1n) is 3.35. The van der Waals surface area contributed by atoms with Crippen molar-refractivity contribution in [2.24, 2.45) is 0 Å². The quantitative estimate of drug-likeness (QED) is 0.798. The Kier molecular flexibility index (Phi) is 5.71. The van der Waals surface area contributed by atoms with Gasteiger partial charge in [-0.3, -0.25) is 0 Å². The lowest BCUT2D eigenvalue weighted by Crippen LogP contribution is -1.95. The Morgan fingerprint density at radius 3 is 2.00 bits per heavy atom. The largest absolute Gasteiger partial charge is 0.478 e. The number of alkyl halides is 3. The standard InChI is InChI=1S/C7H5ClO2.CHF3/c8-6-4-2-1-3-5(6)7(9)10;2-1(3)4/h1-4H,(H,9,10);1H. The SMILES string of the molecule is FC(F)F.O=C(O)c1ccccc1Cl. The second kappa shape index (κ2) is 6.26. The van der Waals surface area contributed by atoms with Crippen LogP contribution in [0.25, 0.3) is 0 Å². The first-order valence-corrected chi connectivity index (χ1v) is 3.73. The second-order valence-corrected chi connectivity index (χ2v) is 2.44. The Morgan fingerprint density at radius 1 is 1.29 bits per heavy atom. The van der Waals surface area contributed by atoms with E-state index in [-0.39, 0.29) is 10.6 Å². The Bertz CT molecular complexity index is 302. The van der Waals surface area contributed by atoms with Crippen LogP contribution in [-0.4, -0.2) is 17.8 Å². The first-order chi connectivity index (χ1) is 6.45. The summed E-state index contributed by atoms with van der Waals surface area (Å²) in [6.45, 7) is -3.67. The Hall–Kier alpha value is -1.23. The van der Waals surface area contributed by atoms with Crippen LogP contribution in [0.15, 0.2) is 24.3 Å². The van der Waals surface area contributed by atoms with Gasteiger partial charge in [0.05, 0.1) is 10.6 Å². The topological polar surface area (TPSA) is 37.3 Å². The Morgan fingerprint density at radius 2 is 1.71 bits per heavy atom. The summed E-state index contributed by atoms with van der Waals surface area (Å²) < 4.78 is 29.0. The van der Waals surface area contributed by atoms with Crippen molar-refractivity contribution in [3.8, 4) is 0 Å². The van der Waals surface area contributed by atoms with Crippen LogP contribution in [-0.2, 0) is 0 Å². The number of hydrogen-bond acceptors (Lipinski definition) is 1. The summed E-state index contributed by atoms with van der Waals surface area (Å²) in [6, 6.07) is 6.33. The number of carboxylic acid groups (broad SMARTS) is 1. The summed E-state index contributed by atoms with van der Waals surface area (Å²) >= 11 is 5.54. The number of carboxylic acids is 1. The maximum atomic E-state index is 10.3. The molecule has 0 saturated carbocycles. The molecule has 6 heteroatoms. The minimum atomic E-state index is -3.67. The van der Waals surface area contributed by atoms with Crippen molar-refractivity contribution in [1.29, 1.82) is 0 Å². The van der Waals surface area contributed by atoms with E-state index >= 15 is 0 Å². The van der Waals surface area contributed by atoms with E-state index in [0.717, 1.165) is 0 Å². The van der Waals surface area contributed by atoms with Crippen LogP contribution in [0.5, 0.6) is 0 Å². The van der Waals surface area contributed by atoms with Gasteiger partial charge in [0.25, 0.3) is 0 Å². The lowest BCUT2D eigenvalue weighted by molar-refractivity contribution is 0.00818. The summed E-state index contributed by atoms with van der Waals surface area (Å²) in [5, 5.41) is 8.75. The fourth-order valence-corrected chi connectivity index (χ4v) is 0.851. The maximum Gasteiger partial charge on any atom is 0.379 e. The highest BCUT2D eigenvalue weighted by molar-refractivity contribution is 6.33. The predicted octanol–water partition coefficient (Wildman–Crippen LogP) is 3.22. The minimum absolute atomic E-state index is 0.143. The van der Waals surface area contributed by atoms with E-state index in [1.807, 2.05) is 0 Å². The minimum Gasteiger partial charge on any atom is -0.478 e. The van der Waals surface area contributed by atoms with E-state index in [4.69, 9.17) is 16.7 Å². The van der Waals surface area contributed by atoms with Gasteiger partial charge in [-0.1, -0.05) is 23.7 Å². The average Bonchev–Trinajstić information content (AvgIpc) is 2.03. The van der Waals surface area contributed by atoms with E-state index < -0.39 is 12.6 Å². The van der Waals surface area contributed by atoms with Gasteiger partial charge in [0.2, 0.25) is 0 Å². The lowest BCUT2D eigenvalue weighted by Gasteiger charge is -1.94. The number of halogens is 4. The fourth-order valence-electron chi connectivity index (χ4n) is 0.635. The van der Waals surface area contributed by atoms with Gasteiger partial charge in [0, 0.05) is 0 Å². The number of carbonyl (C=O) groups is 1. The normalized spacial score (nSPS) is 9.21. The van der Waals surface area contributed by atoms with Gasteiger partial charge < -0.3 is 5.11 Å². The van der Waals surface area contributed by atoms with Gasteiger partial charge in [0.1, 0.15) is 0 Å². The molecule has 0 unspecified atom stereocenters. The van der Waals surface area contributed by atoms with Crippen molar-refractivity contribution in [1.82, 2.24) is 0 Å². The number of benzene rings is 1. The van der Waals surface area contributed by atoms with Crippen molar-refractivity contribution < 1.29 is 23.1 Å². The Balaban J connectivity index is 0.000000364. The molecule has 14 heavy (non-hydrogen) atoms. The third kappa shape index (κ3) is 5.42. The van der Waals surface area contributed by atoms with E-state index in [1.165, 1.54) is 6.07 Å². The van der Waals surface area contributed by atoms with Gasteiger partial charge >= 0.3 is 12.6 Å². The van der Waals surface area contributed by atoms with E-state index in [2.05, 4.69) is 0 Å². The van der Waals surface area contributed by atoms with Crippen LogP contribution in [0.4, 0.5) is 13.2 Å². The zero-order valence-corrected chi connectivity index (χ0v) is 7.51. The molecule has 0 heterocycles. The highest BCUT2D eigenvalue weighted by atomic mass is 35.5. The molecule has 1 aromatic carbocycles. The molecule has 0 saturated heterocycles. The molecule has 78 valence electrons. The summed E-state index contributed by atoms with van der Waals surface area (Å²) in [6.07, 6.45) is 0. The molecule has 0 atom stereocenters. The molecular formula is C8H6ClF3O2. The van der Waals surface area contributed by atoms with Crippen molar-refractivity contribution in [2.75, 3.05) is 0 Å². The molecule has 0 aliphatic carbocycles. The summed E-state index contributed by atoms with van der Waals surface area (Å²) in [4.78, 5) is 10.3. The summed E-state index contributed by atoms with van der Waals surface area (Å²) in [5.74, 6) is -0.995. The predicted molar refractivity (Wildman–Crippen MR) is 45.5 cm³/mol. The fraction of sp³-hybridized carbons (Fsp3) is 0.125.